The third-order valence-electron chi connectivity index (χ3n) is 6.79. The third-order valence-corrected chi connectivity index (χ3v) is 8.83. The molecule has 0 atom stereocenters. The average molecular weight is 545 g/mol. The molecule has 0 saturated carbocycles. The number of benzene rings is 3. The van der Waals surface area contributed by atoms with Gasteiger partial charge in [0.1, 0.15) is 5.69 Å². The van der Waals surface area contributed by atoms with Gasteiger partial charge in [-0.15, -0.1) is 0 Å². The van der Waals surface area contributed by atoms with Crippen molar-refractivity contribution in [3.8, 4) is 11.3 Å². The topological polar surface area (TPSA) is 93.5 Å². The second-order valence-corrected chi connectivity index (χ2v) is 11.8. The van der Waals surface area contributed by atoms with Crippen LogP contribution in [0.3, 0.4) is 0 Å². The number of nitrogens with one attached hydrogen (secondary N) is 1. The molecule has 5 rings (SSSR count). The van der Waals surface area contributed by atoms with Gasteiger partial charge in [0.05, 0.1) is 30.2 Å². The summed E-state index contributed by atoms with van der Waals surface area (Å²) in [5.41, 5.74) is 6.16. The highest BCUT2D eigenvalue weighted by molar-refractivity contribution is 7.89. The minimum absolute atomic E-state index is 0.177. The fourth-order valence-corrected chi connectivity index (χ4v) is 6.33. The van der Waals surface area contributed by atoms with Gasteiger partial charge >= 0.3 is 0 Å². The number of carbonyl (C=O) groups is 1. The van der Waals surface area contributed by atoms with E-state index >= 15 is 0 Å². The number of aromatic nitrogens is 2. The number of aryl methyl sites for hydroxylation is 3. The fraction of sp³-hybridized carbons (Fsp3) is 0.267. The second kappa shape index (κ2) is 11.1. The molecule has 8 nitrogen and oxygen atoms in total. The SMILES string of the molecule is Cc1ccc(-c2nn(Cc3cccc(C)c3)cc2C(=O)Nc2ccc(C)c(S(=O)(=O)N3CCOCC3)c2)cc1. The Hall–Kier alpha value is -3.79. The smallest absolute Gasteiger partial charge is 0.259 e. The average Bonchev–Trinajstić information content (AvgIpc) is 3.34. The summed E-state index contributed by atoms with van der Waals surface area (Å²) in [6, 6.07) is 21.0. The van der Waals surface area contributed by atoms with Crippen molar-refractivity contribution >= 4 is 21.6 Å². The summed E-state index contributed by atoms with van der Waals surface area (Å²) >= 11 is 0. The molecule has 1 fully saturated rings. The number of morpholine rings is 1. The number of hydrogen-bond acceptors (Lipinski definition) is 5. The summed E-state index contributed by atoms with van der Waals surface area (Å²) in [6.45, 7) is 7.65. The first-order valence-electron chi connectivity index (χ1n) is 12.9. The first-order valence-corrected chi connectivity index (χ1v) is 14.3. The van der Waals surface area contributed by atoms with Crippen LogP contribution in [0.5, 0.6) is 0 Å². The van der Waals surface area contributed by atoms with Crippen molar-refractivity contribution in [3.05, 3.63) is 101 Å². The van der Waals surface area contributed by atoms with Gasteiger partial charge in [-0.2, -0.15) is 9.40 Å². The van der Waals surface area contributed by atoms with E-state index in [0.717, 1.165) is 22.3 Å². The summed E-state index contributed by atoms with van der Waals surface area (Å²) < 4.78 is 35.2. The van der Waals surface area contributed by atoms with E-state index in [1.165, 1.54) is 10.4 Å². The van der Waals surface area contributed by atoms with E-state index in [4.69, 9.17) is 9.84 Å². The molecule has 9 heteroatoms. The summed E-state index contributed by atoms with van der Waals surface area (Å²) in [4.78, 5) is 13.8. The zero-order chi connectivity index (χ0) is 27.6. The van der Waals surface area contributed by atoms with Crippen LogP contribution in [0.15, 0.2) is 77.8 Å². The maximum absolute atomic E-state index is 13.6. The molecule has 0 aliphatic carbocycles. The Labute approximate surface area is 229 Å². The van der Waals surface area contributed by atoms with Crippen molar-refractivity contribution in [2.75, 3.05) is 31.6 Å². The molecule has 1 amide bonds. The van der Waals surface area contributed by atoms with E-state index < -0.39 is 10.0 Å². The maximum Gasteiger partial charge on any atom is 0.259 e. The molecule has 1 aromatic heterocycles. The summed E-state index contributed by atoms with van der Waals surface area (Å²) in [6.07, 6.45) is 1.74. The van der Waals surface area contributed by atoms with Crippen molar-refractivity contribution in [2.45, 2.75) is 32.2 Å². The number of amides is 1. The lowest BCUT2D eigenvalue weighted by Crippen LogP contribution is -2.40. The lowest BCUT2D eigenvalue weighted by atomic mass is 10.1. The Kier molecular flexibility index (Phi) is 7.65. The van der Waals surface area contributed by atoms with Gasteiger partial charge in [0.2, 0.25) is 10.0 Å². The highest BCUT2D eigenvalue weighted by Crippen LogP contribution is 2.27. The first kappa shape index (κ1) is 26.8. The highest BCUT2D eigenvalue weighted by Gasteiger charge is 2.28. The molecule has 3 aromatic carbocycles. The molecule has 202 valence electrons. The molecule has 4 aromatic rings. The number of carbonyl (C=O) groups excluding carboxylic acids is 1. The third kappa shape index (κ3) is 5.95. The molecule has 1 aliphatic heterocycles. The lowest BCUT2D eigenvalue weighted by Gasteiger charge is -2.26. The monoisotopic (exact) mass is 544 g/mol. The molecule has 39 heavy (non-hydrogen) atoms. The Morgan fingerprint density at radius 2 is 1.69 bits per heavy atom. The van der Waals surface area contributed by atoms with Gasteiger partial charge in [-0.3, -0.25) is 9.48 Å². The van der Waals surface area contributed by atoms with Gasteiger partial charge in [-0.05, 0) is 44.0 Å². The zero-order valence-corrected chi connectivity index (χ0v) is 23.2. The summed E-state index contributed by atoms with van der Waals surface area (Å²) in [5.74, 6) is -0.361. The lowest BCUT2D eigenvalue weighted by molar-refractivity contribution is 0.0730. The predicted molar refractivity (Wildman–Crippen MR) is 151 cm³/mol. The van der Waals surface area contributed by atoms with Crippen LogP contribution in [-0.4, -0.2) is 54.7 Å². The number of rotatable bonds is 7. The van der Waals surface area contributed by atoms with E-state index in [1.807, 2.05) is 56.3 Å². The van der Waals surface area contributed by atoms with Crippen molar-refractivity contribution in [1.29, 1.82) is 0 Å². The van der Waals surface area contributed by atoms with Gasteiger partial charge in [0, 0.05) is 30.5 Å². The van der Waals surface area contributed by atoms with E-state index in [9.17, 15) is 13.2 Å². The van der Waals surface area contributed by atoms with Crippen LogP contribution in [0.1, 0.15) is 32.6 Å². The molecule has 1 aliphatic rings. The predicted octanol–water partition coefficient (Wildman–Crippen LogP) is 4.80. The standard InChI is InChI=1S/C30H32N4O4S/c1-21-7-10-25(11-8-21)29-27(20-33(32-29)19-24-6-4-5-22(2)17-24)30(35)31-26-12-9-23(3)28(18-26)39(36,37)34-13-15-38-16-14-34/h4-12,17-18,20H,13-16,19H2,1-3H3,(H,31,35). The van der Waals surface area contributed by atoms with Crippen molar-refractivity contribution in [3.63, 3.8) is 0 Å². The largest absolute Gasteiger partial charge is 0.379 e. The minimum Gasteiger partial charge on any atom is -0.379 e. The fourth-order valence-electron chi connectivity index (χ4n) is 4.67. The molecule has 2 heterocycles. The van der Waals surface area contributed by atoms with Crippen molar-refractivity contribution < 1.29 is 17.9 Å². The number of sulfonamides is 1. The van der Waals surface area contributed by atoms with Gasteiger partial charge in [0.25, 0.3) is 5.91 Å². The van der Waals surface area contributed by atoms with Crippen LogP contribution in [0.4, 0.5) is 5.69 Å². The van der Waals surface area contributed by atoms with Crippen LogP contribution in [0.25, 0.3) is 11.3 Å². The summed E-state index contributed by atoms with van der Waals surface area (Å²) in [7, 11) is -3.72. The van der Waals surface area contributed by atoms with Gasteiger partial charge in [0.15, 0.2) is 0 Å². The molecule has 1 saturated heterocycles. The van der Waals surface area contributed by atoms with Crippen LogP contribution in [0.2, 0.25) is 0 Å². The molecule has 0 radical (unpaired) electrons. The van der Waals surface area contributed by atoms with Crippen LogP contribution < -0.4 is 5.32 Å². The highest BCUT2D eigenvalue weighted by atomic mass is 32.2. The van der Waals surface area contributed by atoms with Gasteiger partial charge < -0.3 is 10.1 Å². The Morgan fingerprint density at radius 3 is 2.41 bits per heavy atom. The van der Waals surface area contributed by atoms with E-state index in [1.54, 1.807) is 29.9 Å². The Bertz CT molecular complexity index is 1600. The summed E-state index contributed by atoms with van der Waals surface area (Å²) in [5, 5.41) is 7.68. The zero-order valence-electron chi connectivity index (χ0n) is 22.3. The molecule has 0 bridgehead atoms. The van der Waals surface area contributed by atoms with Crippen LogP contribution >= 0.6 is 0 Å². The van der Waals surface area contributed by atoms with Crippen LogP contribution in [0, 0.1) is 20.8 Å². The number of hydrogen-bond donors (Lipinski definition) is 1. The Balaban J connectivity index is 1.46. The molecular weight excluding hydrogens is 512 g/mol. The maximum atomic E-state index is 13.6. The normalized spacial score (nSPS) is 14.3. The first-order chi connectivity index (χ1) is 18.7. The van der Waals surface area contributed by atoms with Crippen molar-refractivity contribution in [2.24, 2.45) is 0 Å². The number of nitrogens with zero attached hydrogens (tertiary/aromatic N) is 3. The molecule has 0 spiro atoms. The minimum atomic E-state index is -3.72. The number of ether oxygens (including phenoxy) is 1. The van der Waals surface area contributed by atoms with Gasteiger partial charge in [-0.25, -0.2) is 8.42 Å². The molecule has 1 N–H and O–H groups in total. The van der Waals surface area contributed by atoms with Gasteiger partial charge in [-0.1, -0.05) is 65.7 Å². The van der Waals surface area contributed by atoms with Crippen LogP contribution in [-0.2, 0) is 21.3 Å². The second-order valence-electron chi connectivity index (χ2n) is 9.89. The molecule has 0 unspecified atom stereocenters. The van der Waals surface area contributed by atoms with Crippen molar-refractivity contribution in [1.82, 2.24) is 14.1 Å². The van der Waals surface area contributed by atoms with E-state index in [-0.39, 0.29) is 10.8 Å². The quantitative estimate of drug-likeness (QED) is 0.361. The molecular formula is C30H32N4O4S. The Morgan fingerprint density at radius 1 is 0.949 bits per heavy atom. The number of anilines is 1. The van der Waals surface area contributed by atoms with E-state index in [0.29, 0.717) is 55.4 Å². The van der Waals surface area contributed by atoms with E-state index in [2.05, 4.69) is 11.4 Å².